The van der Waals surface area contributed by atoms with Crippen LogP contribution in [0, 0.1) is 18.3 Å². The predicted octanol–water partition coefficient (Wildman–Crippen LogP) is 5.03. The zero-order chi connectivity index (χ0) is 27.3. The topological polar surface area (TPSA) is 132 Å². The molecule has 0 saturated heterocycles. The average Bonchev–Trinajstić information content (AvgIpc) is 3.38. The Labute approximate surface area is 224 Å². The highest BCUT2D eigenvalue weighted by Crippen LogP contribution is 2.35. The van der Waals surface area contributed by atoms with E-state index in [1.165, 1.54) is 43.5 Å². The number of oxime groups is 1. The van der Waals surface area contributed by atoms with E-state index in [-0.39, 0.29) is 20.6 Å². The first-order valence-electron chi connectivity index (χ1n) is 10.9. The highest BCUT2D eigenvalue weighted by molar-refractivity contribution is 8.18. The van der Waals surface area contributed by atoms with Crippen LogP contribution >= 0.6 is 11.8 Å². The molecule has 1 heterocycles. The fourth-order valence-electron chi connectivity index (χ4n) is 3.32. The van der Waals surface area contributed by atoms with Crippen molar-refractivity contribution in [2.24, 2.45) is 5.16 Å². The Morgan fingerprint density at radius 2 is 1.45 bits per heavy atom. The summed E-state index contributed by atoms with van der Waals surface area (Å²) < 4.78 is 65.1. The van der Waals surface area contributed by atoms with Crippen molar-refractivity contribution in [2.75, 3.05) is 7.11 Å². The molecule has 194 valence electrons. The van der Waals surface area contributed by atoms with Crippen molar-refractivity contribution in [1.82, 2.24) is 0 Å². The van der Waals surface area contributed by atoms with Gasteiger partial charge in [-0.1, -0.05) is 41.2 Å². The van der Waals surface area contributed by atoms with Gasteiger partial charge in [0.25, 0.3) is 0 Å². The van der Waals surface area contributed by atoms with E-state index in [4.69, 9.17) is 13.2 Å². The molecule has 9 nitrogen and oxygen atoms in total. The quantitative estimate of drug-likeness (QED) is 0.208. The van der Waals surface area contributed by atoms with Crippen LogP contribution in [0.2, 0.25) is 0 Å². The molecule has 0 spiro atoms. The van der Waals surface area contributed by atoms with Gasteiger partial charge in [-0.25, -0.2) is 0 Å². The molecule has 12 heteroatoms. The Kier molecular flexibility index (Phi) is 7.91. The number of benzene rings is 3. The second-order valence-electron chi connectivity index (χ2n) is 7.74. The summed E-state index contributed by atoms with van der Waals surface area (Å²) in [6.45, 7) is 1.89. The summed E-state index contributed by atoms with van der Waals surface area (Å²) >= 11 is 1.10. The molecule has 1 aliphatic rings. The number of hydrogen-bond donors (Lipinski definition) is 0. The van der Waals surface area contributed by atoms with E-state index in [1.54, 1.807) is 12.2 Å². The van der Waals surface area contributed by atoms with Crippen molar-refractivity contribution in [3.8, 4) is 17.6 Å². The lowest BCUT2D eigenvalue weighted by Crippen LogP contribution is -2.10. The summed E-state index contributed by atoms with van der Waals surface area (Å²) in [5.41, 5.74) is 2.14. The van der Waals surface area contributed by atoms with Crippen LogP contribution in [0.5, 0.6) is 11.5 Å². The maximum Gasteiger partial charge on any atom is 0.358 e. The molecule has 1 aliphatic heterocycles. The van der Waals surface area contributed by atoms with Gasteiger partial charge in [-0.15, -0.1) is 0 Å². The monoisotopic (exact) mass is 568 g/mol. The molecule has 0 bridgehead atoms. The third-order valence-corrected chi connectivity index (χ3v) is 8.62. The van der Waals surface area contributed by atoms with Gasteiger partial charge in [0, 0.05) is 4.91 Å². The first-order valence-corrected chi connectivity index (χ1v) is 14.5. The van der Waals surface area contributed by atoms with E-state index in [0.717, 1.165) is 35.0 Å². The second-order valence-corrected chi connectivity index (χ2v) is 11.9. The van der Waals surface area contributed by atoms with Gasteiger partial charge in [-0.2, -0.15) is 22.1 Å². The zero-order valence-corrected chi connectivity index (χ0v) is 22.5. The minimum atomic E-state index is -4.30. The Morgan fingerprint density at radius 3 is 2.05 bits per heavy atom. The van der Waals surface area contributed by atoms with Crippen molar-refractivity contribution in [2.45, 2.75) is 16.7 Å². The van der Waals surface area contributed by atoms with Gasteiger partial charge in [0.15, 0.2) is 0 Å². The van der Waals surface area contributed by atoms with E-state index >= 15 is 0 Å². The maximum absolute atomic E-state index is 12.6. The third-order valence-electron chi connectivity index (χ3n) is 5.26. The third kappa shape index (κ3) is 6.08. The summed E-state index contributed by atoms with van der Waals surface area (Å²) in [5.74, 6) is 0.396. The lowest BCUT2D eigenvalue weighted by molar-refractivity contribution is 0.340. The van der Waals surface area contributed by atoms with Crippen molar-refractivity contribution >= 4 is 42.6 Å². The van der Waals surface area contributed by atoms with E-state index in [2.05, 4.69) is 11.2 Å². The van der Waals surface area contributed by atoms with E-state index in [9.17, 15) is 22.1 Å². The normalized spacial score (nSPS) is 15.7. The van der Waals surface area contributed by atoms with Gasteiger partial charge in [-0.3, -0.25) is 4.28 Å². The molecule has 0 fully saturated rings. The summed E-state index contributed by atoms with van der Waals surface area (Å²) in [6.07, 6.45) is 3.21. The van der Waals surface area contributed by atoms with Crippen LogP contribution in [0.4, 0.5) is 0 Å². The van der Waals surface area contributed by atoms with Crippen molar-refractivity contribution in [3.63, 3.8) is 0 Å². The Bertz CT molecular complexity index is 1700. The van der Waals surface area contributed by atoms with Crippen molar-refractivity contribution in [1.29, 1.82) is 5.26 Å². The first-order chi connectivity index (χ1) is 18.1. The molecule has 0 radical (unpaired) electrons. The molecule has 38 heavy (non-hydrogen) atoms. The van der Waals surface area contributed by atoms with Gasteiger partial charge in [0.2, 0.25) is 0 Å². The highest BCUT2D eigenvalue weighted by atomic mass is 32.2. The number of aryl methyl sites for hydroxylation is 1. The van der Waals surface area contributed by atoms with Gasteiger partial charge in [0.1, 0.15) is 32.4 Å². The van der Waals surface area contributed by atoms with E-state index in [1.807, 2.05) is 31.2 Å². The molecule has 0 saturated carbocycles. The molecule has 0 aliphatic carbocycles. The van der Waals surface area contributed by atoms with E-state index in [0.29, 0.717) is 16.2 Å². The van der Waals surface area contributed by atoms with Crippen LogP contribution in [0.3, 0.4) is 0 Å². The van der Waals surface area contributed by atoms with E-state index < -0.39 is 20.2 Å². The molecule has 3 aromatic rings. The zero-order valence-electron chi connectivity index (χ0n) is 20.1. The summed E-state index contributed by atoms with van der Waals surface area (Å²) in [7, 11) is -6.99. The van der Waals surface area contributed by atoms with Gasteiger partial charge >= 0.3 is 20.2 Å². The Hall–Kier alpha value is -4.05. The minimum Gasteiger partial charge on any atom is -0.497 e. The fourth-order valence-corrected chi connectivity index (χ4v) is 5.86. The summed E-state index contributed by atoms with van der Waals surface area (Å²) in [6, 6.07) is 19.9. The lowest BCUT2D eigenvalue weighted by atomic mass is 10.0. The number of rotatable bonds is 8. The maximum atomic E-state index is 12.6. The molecular weight excluding hydrogens is 548 g/mol. The number of nitriles is 1. The first kappa shape index (κ1) is 27.0. The highest BCUT2D eigenvalue weighted by Gasteiger charge is 2.21. The molecular formula is C26H20N2O7S3. The van der Waals surface area contributed by atoms with Crippen LogP contribution in [0.25, 0.3) is 5.57 Å². The Morgan fingerprint density at radius 1 is 0.842 bits per heavy atom. The molecule has 4 rings (SSSR count). The van der Waals surface area contributed by atoms with Crippen LogP contribution in [0.1, 0.15) is 11.1 Å². The predicted molar refractivity (Wildman–Crippen MR) is 143 cm³/mol. The number of allylic oxidation sites excluding steroid dienone is 2. The minimum absolute atomic E-state index is 0.0876. The van der Waals surface area contributed by atoms with Crippen LogP contribution in [-0.2, 0) is 24.5 Å². The second kappa shape index (κ2) is 11.1. The number of nitrogens with zero attached hydrogens (tertiary/aromatic N) is 2. The van der Waals surface area contributed by atoms with Gasteiger partial charge < -0.3 is 8.92 Å². The average molecular weight is 569 g/mol. The van der Waals surface area contributed by atoms with Gasteiger partial charge in [0.05, 0.1) is 12.7 Å². The number of ether oxygens (including phenoxy) is 1. The number of thioether (sulfide) groups is 1. The standard InChI is InChI=1S/C26H20N2O7S3/c1-18-5-3-4-6-23(18)24(17-27)25-15-16-26(36-25)28-35-38(31,32)22-13-9-20(10-14-22)34-37(29,30)21-11-7-19(33-2)8-12-21/h3-16H,1-2H3/b25-24+,28-26?. The molecule has 0 N–H and O–H groups in total. The van der Waals surface area contributed by atoms with Crippen molar-refractivity contribution < 1.29 is 30.0 Å². The van der Waals surface area contributed by atoms with Crippen LogP contribution < -0.4 is 8.92 Å². The molecule has 0 unspecified atom stereocenters. The summed E-state index contributed by atoms with van der Waals surface area (Å²) in [5, 5.41) is 13.6. The molecule has 3 aromatic carbocycles. The van der Waals surface area contributed by atoms with Crippen LogP contribution in [0.15, 0.2) is 105 Å². The smallest absolute Gasteiger partial charge is 0.358 e. The molecule has 0 atom stereocenters. The number of hydrogen-bond acceptors (Lipinski definition) is 10. The molecule has 0 amide bonds. The van der Waals surface area contributed by atoms with Gasteiger partial charge in [-0.05, 0) is 78.7 Å². The fraction of sp³-hybridized carbons (Fsp3) is 0.0769. The number of methoxy groups -OCH3 is 1. The largest absolute Gasteiger partial charge is 0.497 e. The Balaban J connectivity index is 1.45. The molecule has 0 aromatic heterocycles. The SMILES string of the molecule is COc1ccc(S(=O)(=O)Oc2ccc(S(=O)(=O)ON=C3C=C/C(=C(/C#N)c4ccccc4C)S3)cc2)cc1. The van der Waals surface area contributed by atoms with Crippen molar-refractivity contribution in [3.05, 3.63) is 101 Å². The summed E-state index contributed by atoms with van der Waals surface area (Å²) in [4.78, 5) is 0.268. The lowest BCUT2D eigenvalue weighted by Gasteiger charge is -2.08. The van der Waals surface area contributed by atoms with Crippen LogP contribution in [-0.4, -0.2) is 29.0 Å².